The van der Waals surface area contributed by atoms with Gasteiger partial charge in [-0.15, -0.1) is 0 Å². The Balaban J connectivity index is 1.99. The van der Waals surface area contributed by atoms with Gasteiger partial charge in [0.25, 0.3) is 0 Å². The summed E-state index contributed by atoms with van der Waals surface area (Å²) in [7, 11) is 0. The van der Waals surface area contributed by atoms with Gasteiger partial charge in [0, 0.05) is 17.8 Å². The molecule has 1 heterocycles. The smallest absolute Gasteiger partial charge is 0.176 e. The van der Waals surface area contributed by atoms with E-state index in [1.165, 1.54) is 17.7 Å². The molecule has 0 bridgehead atoms. The van der Waals surface area contributed by atoms with Crippen molar-refractivity contribution >= 4 is 11.5 Å². The lowest BCUT2D eigenvalue weighted by molar-refractivity contribution is 0.0933. The Morgan fingerprint density at radius 2 is 2.21 bits per heavy atom. The molecule has 3 nitrogen and oxygen atoms in total. The van der Waals surface area contributed by atoms with Crippen LogP contribution in [0.25, 0.3) is 0 Å². The molecule has 1 aromatic rings. The number of unbranched alkanes of at least 4 members (excludes halogenated alkanes) is 1. The highest BCUT2D eigenvalue weighted by atomic mass is 16.1. The van der Waals surface area contributed by atoms with E-state index in [-0.39, 0.29) is 5.78 Å². The van der Waals surface area contributed by atoms with Crippen molar-refractivity contribution in [3.8, 4) is 0 Å². The van der Waals surface area contributed by atoms with Crippen molar-refractivity contribution in [2.75, 3.05) is 31.5 Å². The Kier molecular flexibility index (Phi) is 4.97. The Hall–Kier alpha value is -1.35. The highest BCUT2D eigenvalue weighted by molar-refractivity contribution is 5.98. The van der Waals surface area contributed by atoms with E-state index in [9.17, 15) is 4.79 Å². The monoisotopic (exact) mass is 260 g/mol. The van der Waals surface area contributed by atoms with Crippen LogP contribution in [-0.4, -0.2) is 36.9 Å². The lowest BCUT2D eigenvalue weighted by Gasteiger charge is -2.19. The number of hydrogen-bond acceptors (Lipinski definition) is 3. The maximum atomic E-state index is 12.3. The fraction of sp³-hybridized carbons (Fsp3) is 0.562. The number of benzene rings is 1. The first-order valence-electron chi connectivity index (χ1n) is 7.37. The minimum atomic E-state index is 0.243. The minimum absolute atomic E-state index is 0.243. The third kappa shape index (κ3) is 3.57. The van der Waals surface area contributed by atoms with Gasteiger partial charge in [-0.2, -0.15) is 0 Å². The number of anilines is 1. The molecule has 0 saturated heterocycles. The topological polar surface area (TPSA) is 32.3 Å². The van der Waals surface area contributed by atoms with Crippen LogP contribution < -0.4 is 5.32 Å². The van der Waals surface area contributed by atoms with Gasteiger partial charge in [-0.05, 0) is 49.7 Å². The second kappa shape index (κ2) is 6.71. The van der Waals surface area contributed by atoms with Crippen LogP contribution in [0.4, 0.5) is 5.69 Å². The van der Waals surface area contributed by atoms with Crippen LogP contribution in [0.15, 0.2) is 18.2 Å². The van der Waals surface area contributed by atoms with Crippen LogP contribution in [0.5, 0.6) is 0 Å². The molecule has 0 radical (unpaired) electrons. The zero-order chi connectivity index (χ0) is 13.7. The standard InChI is InChI=1S/C16H24N2O/c1-3-5-10-18(4-2)12-16(19)14-6-7-15-13(11-14)8-9-17-15/h6-7,11,17H,3-5,8-10,12H2,1-2H3. The number of Topliss-reactive ketones (excluding diaryl/α,β-unsaturated/α-hetero) is 1. The van der Waals surface area contributed by atoms with Gasteiger partial charge in [-0.1, -0.05) is 20.3 Å². The first kappa shape index (κ1) is 14.1. The Morgan fingerprint density at radius 1 is 1.37 bits per heavy atom. The quantitative estimate of drug-likeness (QED) is 0.765. The summed E-state index contributed by atoms with van der Waals surface area (Å²) in [4.78, 5) is 14.5. The van der Waals surface area contributed by atoms with Crippen molar-refractivity contribution in [3.05, 3.63) is 29.3 Å². The zero-order valence-electron chi connectivity index (χ0n) is 12.0. The van der Waals surface area contributed by atoms with Gasteiger partial charge in [-0.25, -0.2) is 0 Å². The average Bonchev–Trinajstić information content (AvgIpc) is 2.90. The number of carbonyl (C=O) groups excluding carboxylic acids is 1. The fourth-order valence-electron chi connectivity index (χ4n) is 2.50. The molecule has 0 unspecified atom stereocenters. The largest absolute Gasteiger partial charge is 0.384 e. The first-order valence-corrected chi connectivity index (χ1v) is 7.37. The van der Waals surface area contributed by atoms with E-state index < -0.39 is 0 Å². The van der Waals surface area contributed by atoms with Crippen LogP contribution in [0.3, 0.4) is 0 Å². The maximum Gasteiger partial charge on any atom is 0.176 e. The predicted molar refractivity (Wildman–Crippen MR) is 80.0 cm³/mol. The van der Waals surface area contributed by atoms with Crippen molar-refractivity contribution in [1.82, 2.24) is 4.90 Å². The van der Waals surface area contributed by atoms with Crippen molar-refractivity contribution in [2.45, 2.75) is 33.1 Å². The van der Waals surface area contributed by atoms with Crippen LogP contribution in [0.1, 0.15) is 42.6 Å². The summed E-state index contributed by atoms with van der Waals surface area (Å²) in [5.41, 5.74) is 3.33. The molecule has 1 aliphatic rings. The third-order valence-electron chi connectivity index (χ3n) is 3.78. The second-order valence-corrected chi connectivity index (χ2v) is 5.19. The molecule has 3 heteroatoms. The number of carbonyl (C=O) groups is 1. The Morgan fingerprint density at radius 3 is 2.95 bits per heavy atom. The summed E-state index contributed by atoms with van der Waals surface area (Å²) < 4.78 is 0. The molecule has 2 rings (SSSR count). The fourth-order valence-corrected chi connectivity index (χ4v) is 2.50. The van der Waals surface area contributed by atoms with Gasteiger partial charge in [-0.3, -0.25) is 9.69 Å². The Bertz CT molecular complexity index is 442. The number of ketones is 1. The molecule has 0 saturated carbocycles. The highest BCUT2D eigenvalue weighted by Crippen LogP contribution is 2.23. The molecule has 104 valence electrons. The number of likely N-dealkylation sites (N-methyl/N-ethyl adjacent to an activating group) is 1. The zero-order valence-corrected chi connectivity index (χ0v) is 12.0. The van der Waals surface area contributed by atoms with E-state index in [2.05, 4.69) is 30.1 Å². The van der Waals surface area contributed by atoms with Crippen molar-refractivity contribution in [3.63, 3.8) is 0 Å². The van der Waals surface area contributed by atoms with Crippen molar-refractivity contribution < 1.29 is 4.79 Å². The molecule has 0 aromatic heterocycles. The predicted octanol–water partition coefficient (Wildman–Crippen LogP) is 2.96. The molecule has 19 heavy (non-hydrogen) atoms. The molecular formula is C16H24N2O. The summed E-state index contributed by atoms with van der Waals surface area (Å²) >= 11 is 0. The second-order valence-electron chi connectivity index (χ2n) is 5.19. The normalized spacial score (nSPS) is 13.4. The Labute approximate surface area is 116 Å². The lowest BCUT2D eigenvalue weighted by Crippen LogP contribution is -2.30. The summed E-state index contributed by atoms with van der Waals surface area (Å²) in [6, 6.07) is 6.05. The lowest BCUT2D eigenvalue weighted by atomic mass is 10.0. The van der Waals surface area contributed by atoms with E-state index >= 15 is 0 Å². The molecular weight excluding hydrogens is 236 g/mol. The SMILES string of the molecule is CCCCN(CC)CC(=O)c1ccc2c(c1)CCN2. The van der Waals surface area contributed by atoms with Gasteiger partial charge in [0.1, 0.15) is 0 Å². The first-order chi connectivity index (χ1) is 9.24. The highest BCUT2D eigenvalue weighted by Gasteiger charge is 2.15. The van der Waals surface area contributed by atoms with Gasteiger partial charge in [0.15, 0.2) is 5.78 Å². The van der Waals surface area contributed by atoms with E-state index in [4.69, 9.17) is 0 Å². The van der Waals surface area contributed by atoms with E-state index in [1.807, 2.05) is 12.1 Å². The maximum absolute atomic E-state index is 12.3. The number of hydrogen-bond donors (Lipinski definition) is 1. The summed E-state index contributed by atoms with van der Waals surface area (Å²) in [6.45, 7) is 7.80. The molecule has 1 N–H and O–H groups in total. The molecule has 1 aliphatic heterocycles. The summed E-state index contributed by atoms with van der Waals surface area (Å²) in [5, 5.41) is 3.32. The number of nitrogens with zero attached hydrogens (tertiary/aromatic N) is 1. The van der Waals surface area contributed by atoms with Crippen LogP contribution in [-0.2, 0) is 6.42 Å². The average molecular weight is 260 g/mol. The van der Waals surface area contributed by atoms with Crippen LogP contribution in [0, 0.1) is 0 Å². The van der Waals surface area contributed by atoms with Crippen molar-refractivity contribution in [2.24, 2.45) is 0 Å². The molecule has 0 aliphatic carbocycles. The van der Waals surface area contributed by atoms with Crippen molar-refractivity contribution in [1.29, 1.82) is 0 Å². The van der Waals surface area contributed by atoms with Gasteiger partial charge in [0.2, 0.25) is 0 Å². The van der Waals surface area contributed by atoms with E-state index in [0.717, 1.165) is 38.0 Å². The van der Waals surface area contributed by atoms with E-state index in [0.29, 0.717) is 6.54 Å². The minimum Gasteiger partial charge on any atom is -0.384 e. The van der Waals surface area contributed by atoms with Crippen LogP contribution >= 0.6 is 0 Å². The van der Waals surface area contributed by atoms with Gasteiger partial charge in [0.05, 0.1) is 6.54 Å². The third-order valence-corrected chi connectivity index (χ3v) is 3.78. The van der Waals surface area contributed by atoms with Gasteiger partial charge >= 0.3 is 0 Å². The van der Waals surface area contributed by atoms with Gasteiger partial charge < -0.3 is 5.32 Å². The summed E-state index contributed by atoms with van der Waals surface area (Å²) in [6.07, 6.45) is 3.37. The molecule has 0 spiro atoms. The molecule has 0 amide bonds. The number of nitrogens with one attached hydrogen (secondary N) is 1. The number of rotatable bonds is 7. The molecule has 0 fully saturated rings. The van der Waals surface area contributed by atoms with Crippen LogP contribution in [0.2, 0.25) is 0 Å². The molecule has 0 atom stereocenters. The van der Waals surface area contributed by atoms with E-state index in [1.54, 1.807) is 0 Å². The number of fused-ring (bicyclic) bond motifs is 1. The molecule has 1 aromatic carbocycles. The summed E-state index contributed by atoms with van der Waals surface area (Å²) in [5.74, 6) is 0.243.